The van der Waals surface area contributed by atoms with E-state index in [0.29, 0.717) is 11.3 Å². The number of para-hydroxylation sites is 1. The molecule has 2 heterocycles. The summed E-state index contributed by atoms with van der Waals surface area (Å²) in [7, 11) is 0. The van der Waals surface area contributed by atoms with Crippen molar-refractivity contribution < 1.29 is 9.90 Å². The van der Waals surface area contributed by atoms with Crippen LogP contribution in [0.4, 0.5) is 5.69 Å². The number of anilines is 1. The van der Waals surface area contributed by atoms with Crippen molar-refractivity contribution in [2.45, 2.75) is 31.7 Å². The Bertz CT molecular complexity index is 1130. The van der Waals surface area contributed by atoms with E-state index in [4.69, 9.17) is 0 Å². The predicted molar refractivity (Wildman–Crippen MR) is 133 cm³/mol. The van der Waals surface area contributed by atoms with Crippen LogP contribution in [0.5, 0.6) is 5.75 Å². The topological polar surface area (TPSA) is 43.8 Å². The minimum atomic E-state index is 0.0322. The van der Waals surface area contributed by atoms with E-state index in [-0.39, 0.29) is 11.8 Å². The van der Waals surface area contributed by atoms with E-state index < -0.39 is 0 Å². The van der Waals surface area contributed by atoms with E-state index in [1.807, 2.05) is 36.5 Å². The lowest BCUT2D eigenvalue weighted by Crippen LogP contribution is -2.36. The predicted octanol–water partition coefficient (Wildman–Crippen LogP) is 5.73. The number of hydrogen-bond acceptors (Lipinski definition) is 4. The number of nitrogens with zero attached hydrogens (tertiary/aromatic N) is 2. The van der Waals surface area contributed by atoms with Gasteiger partial charge in [-0.3, -0.25) is 4.79 Å². The molecule has 2 aliphatic rings. The number of benzene rings is 3. The molecule has 0 amide bonds. The van der Waals surface area contributed by atoms with Crippen LogP contribution < -0.4 is 4.90 Å². The Balaban J connectivity index is 1.43. The molecule has 0 bridgehead atoms. The van der Waals surface area contributed by atoms with Gasteiger partial charge in [0.15, 0.2) is 5.78 Å². The molecule has 5 rings (SSSR count). The van der Waals surface area contributed by atoms with Crippen molar-refractivity contribution in [1.29, 1.82) is 0 Å². The second-order valence-electron chi connectivity index (χ2n) is 8.96. The summed E-state index contributed by atoms with van der Waals surface area (Å²) in [6, 6.07) is 24.2. The zero-order valence-electron chi connectivity index (χ0n) is 18.9. The van der Waals surface area contributed by atoms with Gasteiger partial charge in [0.2, 0.25) is 0 Å². The number of fused-ring (bicyclic) bond motifs is 1. The van der Waals surface area contributed by atoms with Gasteiger partial charge in [-0.15, -0.1) is 0 Å². The van der Waals surface area contributed by atoms with Crippen LogP contribution in [0.2, 0.25) is 0 Å². The van der Waals surface area contributed by atoms with Crippen molar-refractivity contribution in [2.75, 3.05) is 24.5 Å². The Morgan fingerprint density at radius 1 is 0.879 bits per heavy atom. The standard InChI is InChI=1S/C29H30N2O2/c32-26-13-14-27-24(21-26)15-20-31(25-7-3-1-4-8-25)29(27)23-11-9-22(10-12-23)28(33)16-19-30-17-5-2-6-18-30/h1,3-4,7-14,16,19,21,29,32H,2,5-6,15,17-18,20H2/b19-16+. The van der Waals surface area contributed by atoms with Crippen LogP contribution in [-0.2, 0) is 6.42 Å². The summed E-state index contributed by atoms with van der Waals surface area (Å²) < 4.78 is 0. The molecular formula is C29H30N2O2. The largest absolute Gasteiger partial charge is 0.508 e. The Kier molecular flexibility index (Phi) is 6.16. The summed E-state index contributed by atoms with van der Waals surface area (Å²) in [5.74, 6) is 0.350. The molecule has 4 heteroatoms. The van der Waals surface area contributed by atoms with Crippen LogP contribution in [0.15, 0.2) is 85.1 Å². The van der Waals surface area contributed by atoms with Crippen molar-refractivity contribution in [1.82, 2.24) is 4.90 Å². The van der Waals surface area contributed by atoms with Gasteiger partial charge in [-0.25, -0.2) is 0 Å². The zero-order chi connectivity index (χ0) is 22.6. The highest BCUT2D eigenvalue weighted by Crippen LogP contribution is 2.39. The highest BCUT2D eigenvalue weighted by Gasteiger charge is 2.29. The fraction of sp³-hybridized carbons (Fsp3) is 0.276. The molecule has 0 aliphatic carbocycles. The van der Waals surface area contributed by atoms with Gasteiger partial charge < -0.3 is 14.9 Å². The van der Waals surface area contributed by atoms with Gasteiger partial charge in [0.05, 0.1) is 6.04 Å². The van der Waals surface area contributed by atoms with Crippen LogP contribution in [-0.4, -0.2) is 35.4 Å². The van der Waals surface area contributed by atoms with E-state index in [2.05, 4.69) is 46.2 Å². The number of carbonyl (C=O) groups is 1. The second-order valence-corrected chi connectivity index (χ2v) is 8.96. The molecule has 1 unspecified atom stereocenters. The first-order valence-electron chi connectivity index (χ1n) is 11.9. The van der Waals surface area contributed by atoms with Crippen molar-refractivity contribution >= 4 is 11.5 Å². The van der Waals surface area contributed by atoms with Gasteiger partial charge in [0.1, 0.15) is 5.75 Å². The average Bonchev–Trinajstić information content (AvgIpc) is 2.87. The summed E-state index contributed by atoms with van der Waals surface area (Å²) in [6.07, 6.45) is 8.22. The third-order valence-electron chi connectivity index (χ3n) is 6.78. The van der Waals surface area contributed by atoms with Crippen LogP contribution in [0.25, 0.3) is 0 Å². The molecule has 0 radical (unpaired) electrons. The Morgan fingerprint density at radius 3 is 2.39 bits per heavy atom. The molecule has 168 valence electrons. The SMILES string of the molecule is O=C(/C=C/N1CCCCC1)c1ccc(C2c3ccc(O)cc3CCN2c2ccccc2)cc1. The fourth-order valence-corrected chi connectivity index (χ4v) is 5.04. The second kappa shape index (κ2) is 9.53. The lowest BCUT2D eigenvalue weighted by atomic mass is 9.87. The quantitative estimate of drug-likeness (QED) is 0.408. The number of phenols is 1. The normalized spacial score (nSPS) is 18.4. The molecule has 1 fully saturated rings. The van der Waals surface area contributed by atoms with Crippen LogP contribution >= 0.6 is 0 Å². The minimum Gasteiger partial charge on any atom is -0.508 e. The van der Waals surface area contributed by atoms with Gasteiger partial charge in [0, 0.05) is 43.2 Å². The molecule has 1 saturated heterocycles. The summed E-state index contributed by atoms with van der Waals surface area (Å²) in [6.45, 7) is 2.94. The highest BCUT2D eigenvalue weighted by atomic mass is 16.3. The lowest BCUT2D eigenvalue weighted by molar-refractivity contribution is 0.104. The third kappa shape index (κ3) is 4.65. The maximum Gasteiger partial charge on any atom is 0.187 e. The number of rotatable bonds is 5. The Hall–Kier alpha value is -3.53. The number of aromatic hydroxyl groups is 1. The van der Waals surface area contributed by atoms with E-state index in [9.17, 15) is 9.90 Å². The maximum absolute atomic E-state index is 12.7. The van der Waals surface area contributed by atoms with Crippen LogP contribution in [0.1, 0.15) is 52.4 Å². The first-order chi connectivity index (χ1) is 16.2. The van der Waals surface area contributed by atoms with Crippen molar-refractivity contribution in [3.05, 3.63) is 107 Å². The molecule has 3 aromatic carbocycles. The number of likely N-dealkylation sites (tertiary alicyclic amines) is 1. The summed E-state index contributed by atoms with van der Waals surface area (Å²) in [5.41, 5.74) is 5.40. The Morgan fingerprint density at radius 2 is 1.64 bits per heavy atom. The highest BCUT2D eigenvalue weighted by molar-refractivity contribution is 6.04. The van der Waals surface area contributed by atoms with Gasteiger partial charge in [-0.2, -0.15) is 0 Å². The minimum absolute atomic E-state index is 0.0322. The van der Waals surface area contributed by atoms with Crippen molar-refractivity contribution in [3.8, 4) is 5.75 Å². The molecule has 4 nitrogen and oxygen atoms in total. The van der Waals surface area contributed by atoms with Gasteiger partial charge >= 0.3 is 0 Å². The van der Waals surface area contributed by atoms with Crippen LogP contribution in [0, 0.1) is 0 Å². The smallest absolute Gasteiger partial charge is 0.187 e. The molecule has 1 N–H and O–H groups in total. The summed E-state index contributed by atoms with van der Waals surface area (Å²) >= 11 is 0. The molecule has 0 aromatic heterocycles. The number of carbonyl (C=O) groups excluding carboxylic acids is 1. The fourth-order valence-electron chi connectivity index (χ4n) is 5.04. The molecule has 33 heavy (non-hydrogen) atoms. The van der Waals surface area contributed by atoms with E-state index in [1.54, 1.807) is 12.1 Å². The van der Waals surface area contributed by atoms with E-state index in [1.165, 1.54) is 36.1 Å². The Labute approximate surface area is 195 Å². The first kappa shape index (κ1) is 21.3. The van der Waals surface area contributed by atoms with Gasteiger partial charge in [-0.1, -0.05) is 48.5 Å². The molecule has 0 spiro atoms. The van der Waals surface area contributed by atoms with Gasteiger partial charge in [0.25, 0.3) is 0 Å². The molecule has 2 aliphatic heterocycles. The molecular weight excluding hydrogens is 408 g/mol. The monoisotopic (exact) mass is 438 g/mol. The lowest BCUT2D eigenvalue weighted by Gasteiger charge is -2.39. The number of ketones is 1. The third-order valence-corrected chi connectivity index (χ3v) is 6.78. The number of piperidine rings is 1. The summed E-state index contributed by atoms with van der Waals surface area (Å²) in [5, 5.41) is 10.0. The molecule has 3 aromatic rings. The maximum atomic E-state index is 12.7. The van der Waals surface area contributed by atoms with Crippen molar-refractivity contribution in [3.63, 3.8) is 0 Å². The molecule has 1 atom stereocenters. The number of allylic oxidation sites excluding steroid dienone is 1. The van der Waals surface area contributed by atoms with Gasteiger partial charge in [-0.05, 0) is 66.6 Å². The first-order valence-corrected chi connectivity index (χ1v) is 11.9. The zero-order valence-corrected chi connectivity index (χ0v) is 18.9. The van der Waals surface area contributed by atoms with Crippen LogP contribution in [0.3, 0.4) is 0 Å². The van der Waals surface area contributed by atoms with E-state index >= 15 is 0 Å². The van der Waals surface area contributed by atoms with Crippen molar-refractivity contribution in [2.24, 2.45) is 0 Å². The average molecular weight is 439 g/mol. The summed E-state index contributed by atoms with van der Waals surface area (Å²) in [4.78, 5) is 17.4. The number of phenolic OH excluding ortho intramolecular Hbond substituents is 1. The number of hydrogen-bond donors (Lipinski definition) is 1. The molecule has 0 saturated carbocycles. The van der Waals surface area contributed by atoms with E-state index in [0.717, 1.165) is 31.6 Å².